The number of halogens is 3. The van der Waals surface area contributed by atoms with Gasteiger partial charge in [0.2, 0.25) is 5.91 Å². The topological polar surface area (TPSA) is 32.3 Å². The summed E-state index contributed by atoms with van der Waals surface area (Å²) >= 11 is 0. The van der Waals surface area contributed by atoms with Crippen molar-refractivity contribution in [3.63, 3.8) is 0 Å². The standard InChI is InChI=1S/C17H17F3N2O/c1-2-11-4-3-5-12-6-7-13(10-14(11)12)16(17(18,19)20)22-9-8-15(23)21-22/h3-7,10,16H,2,8-9H2,1H3,(H,21,23). The summed E-state index contributed by atoms with van der Waals surface area (Å²) in [5.74, 6) is -0.380. The molecule has 1 amide bonds. The zero-order valence-electron chi connectivity index (χ0n) is 12.7. The maximum absolute atomic E-state index is 13.6. The molecule has 6 heteroatoms. The largest absolute Gasteiger partial charge is 0.409 e. The van der Waals surface area contributed by atoms with Gasteiger partial charge < -0.3 is 0 Å². The van der Waals surface area contributed by atoms with Crippen LogP contribution in [0.1, 0.15) is 30.5 Å². The number of carbonyl (C=O) groups is 1. The Morgan fingerprint density at radius 2 is 2.04 bits per heavy atom. The van der Waals surface area contributed by atoms with E-state index in [4.69, 9.17) is 0 Å². The van der Waals surface area contributed by atoms with Crippen LogP contribution in [-0.2, 0) is 11.2 Å². The first-order valence-electron chi connectivity index (χ1n) is 7.54. The van der Waals surface area contributed by atoms with Crippen molar-refractivity contribution in [3.8, 4) is 0 Å². The van der Waals surface area contributed by atoms with E-state index in [0.717, 1.165) is 27.8 Å². The predicted molar refractivity (Wildman–Crippen MR) is 81.6 cm³/mol. The highest BCUT2D eigenvalue weighted by molar-refractivity contribution is 5.86. The van der Waals surface area contributed by atoms with Crippen LogP contribution >= 0.6 is 0 Å². The van der Waals surface area contributed by atoms with Gasteiger partial charge >= 0.3 is 6.18 Å². The van der Waals surface area contributed by atoms with Crippen LogP contribution in [0.15, 0.2) is 36.4 Å². The molecule has 122 valence electrons. The fourth-order valence-corrected chi connectivity index (χ4v) is 3.07. The Labute approximate surface area is 132 Å². The molecule has 1 atom stereocenters. The molecular formula is C17H17F3N2O. The molecule has 1 fully saturated rings. The highest BCUT2D eigenvalue weighted by Crippen LogP contribution is 2.39. The van der Waals surface area contributed by atoms with E-state index in [1.807, 2.05) is 25.1 Å². The number of hydrazine groups is 1. The van der Waals surface area contributed by atoms with Gasteiger partial charge in [-0.15, -0.1) is 0 Å². The Balaban J connectivity index is 2.09. The van der Waals surface area contributed by atoms with Crippen LogP contribution < -0.4 is 5.43 Å². The maximum atomic E-state index is 13.6. The number of carbonyl (C=O) groups excluding carboxylic acids is 1. The zero-order chi connectivity index (χ0) is 16.6. The van der Waals surface area contributed by atoms with E-state index >= 15 is 0 Å². The first-order valence-corrected chi connectivity index (χ1v) is 7.54. The zero-order valence-corrected chi connectivity index (χ0v) is 12.7. The summed E-state index contributed by atoms with van der Waals surface area (Å²) in [5.41, 5.74) is 3.47. The second kappa shape index (κ2) is 5.85. The monoisotopic (exact) mass is 322 g/mol. The average molecular weight is 322 g/mol. The van der Waals surface area contributed by atoms with Gasteiger partial charge in [0.15, 0.2) is 0 Å². The van der Waals surface area contributed by atoms with E-state index < -0.39 is 12.2 Å². The van der Waals surface area contributed by atoms with Crippen LogP contribution in [0.4, 0.5) is 13.2 Å². The summed E-state index contributed by atoms with van der Waals surface area (Å²) < 4.78 is 40.7. The van der Waals surface area contributed by atoms with Crippen molar-refractivity contribution in [2.45, 2.75) is 32.0 Å². The normalized spacial score (nSPS) is 17.5. The lowest BCUT2D eigenvalue weighted by Crippen LogP contribution is -2.43. The quantitative estimate of drug-likeness (QED) is 0.933. The summed E-state index contributed by atoms with van der Waals surface area (Å²) in [6.07, 6.45) is -3.63. The molecule has 0 bridgehead atoms. The van der Waals surface area contributed by atoms with E-state index in [-0.39, 0.29) is 24.4 Å². The number of aryl methyl sites for hydroxylation is 1. The predicted octanol–water partition coefficient (Wildman–Crippen LogP) is 3.74. The number of amides is 1. The molecule has 1 unspecified atom stereocenters. The molecule has 1 heterocycles. The van der Waals surface area contributed by atoms with Gasteiger partial charge in [-0.1, -0.05) is 37.3 Å². The van der Waals surface area contributed by atoms with Crippen molar-refractivity contribution < 1.29 is 18.0 Å². The lowest BCUT2D eigenvalue weighted by Gasteiger charge is -2.29. The van der Waals surface area contributed by atoms with Gasteiger partial charge in [0.05, 0.1) is 0 Å². The van der Waals surface area contributed by atoms with Crippen LogP contribution in [0, 0.1) is 0 Å². The Bertz CT molecular complexity index is 742. The van der Waals surface area contributed by atoms with Crippen molar-refractivity contribution in [1.82, 2.24) is 10.4 Å². The number of hydrogen-bond donors (Lipinski definition) is 1. The van der Waals surface area contributed by atoms with Gasteiger partial charge in [0.25, 0.3) is 0 Å². The summed E-state index contributed by atoms with van der Waals surface area (Å²) in [7, 11) is 0. The molecule has 1 aliphatic rings. The van der Waals surface area contributed by atoms with Crippen LogP contribution in [0.3, 0.4) is 0 Å². The molecule has 2 aromatic rings. The smallest absolute Gasteiger partial charge is 0.288 e. The fourth-order valence-electron chi connectivity index (χ4n) is 3.07. The molecule has 1 saturated heterocycles. The summed E-state index contributed by atoms with van der Waals surface area (Å²) in [5, 5.41) is 2.73. The van der Waals surface area contributed by atoms with Crippen molar-refractivity contribution in [2.24, 2.45) is 0 Å². The highest BCUT2D eigenvalue weighted by Gasteiger charge is 2.46. The van der Waals surface area contributed by atoms with E-state index in [1.54, 1.807) is 12.1 Å². The summed E-state index contributed by atoms with van der Waals surface area (Å²) in [6, 6.07) is 8.68. The average Bonchev–Trinajstić information content (AvgIpc) is 2.91. The van der Waals surface area contributed by atoms with Crippen molar-refractivity contribution >= 4 is 16.7 Å². The molecule has 23 heavy (non-hydrogen) atoms. The minimum absolute atomic E-state index is 0.0521. The number of fused-ring (bicyclic) bond motifs is 1. The van der Waals surface area contributed by atoms with Crippen LogP contribution in [0.2, 0.25) is 0 Å². The molecular weight excluding hydrogens is 305 g/mol. The minimum Gasteiger partial charge on any atom is -0.288 e. The van der Waals surface area contributed by atoms with Crippen molar-refractivity contribution in [2.75, 3.05) is 6.54 Å². The first-order chi connectivity index (χ1) is 10.9. The third-order valence-electron chi connectivity index (χ3n) is 4.16. The number of nitrogens with one attached hydrogen (secondary N) is 1. The number of hydrogen-bond acceptors (Lipinski definition) is 2. The molecule has 2 aromatic carbocycles. The van der Waals surface area contributed by atoms with Gasteiger partial charge in [-0.3, -0.25) is 10.2 Å². The molecule has 0 radical (unpaired) electrons. The van der Waals surface area contributed by atoms with E-state index in [2.05, 4.69) is 5.43 Å². The van der Waals surface area contributed by atoms with E-state index in [9.17, 15) is 18.0 Å². The van der Waals surface area contributed by atoms with Crippen molar-refractivity contribution in [3.05, 3.63) is 47.5 Å². The summed E-state index contributed by atoms with van der Waals surface area (Å²) in [4.78, 5) is 11.3. The van der Waals surface area contributed by atoms with E-state index in [1.165, 1.54) is 6.07 Å². The maximum Gasteiger partial charge on any atom is 0.409 e. The Morgan fingerprint density at radius 3 is 2.65 bits per heavy atom. The van der Waals surface area contributed by atoms with Crippen LogP contribution in [0.5, 0.6) is 0 Å². The Kier molecular flexibility index (Phi) is 4.02. The molecule has 0 spiro atoms. The number of alkyl halides is 3. The number of benzene rings is 2. The lowest BCUT2D eigenvalue weighted by molar-refractivity contribution is -0.191. The molecule has 0 aromatic heterocycles. The lowest BCUT2D eigenvalue weighted by atomic mass is 9.97. The molecule has 0 aliphatic carbocycles. The van der Waals surface area contributed by atoms with Gasteiger partial charge in [-0.05, 0) is 34.4 Å². The van der Waals surface area contributed by atoms with Crippen LogP contribution in [0.25, 0.3) is 10.8 Å². The van der Waals surface area contributed by atoms with Gasteiger partial charge in [0, 0.05) is 13.0 Å². The number of rotatable bonds is 3. The van der Waals surface area contributed by atoms with Gasteiger partial charge in [0.1, 0.15) is 6.04 Å². The molecule has 3 nitrogen and oxygen atoms in total. The fraction of sp³-hybridized carbons (Fsp3) is 0.353. The van der Waals surface area contributed by atoms with Crippen molar-refractivity contribution in [1.29, 1.82) is 0 Å². The molecule has 3 rings (SSSR count). The molecule has 1 aliphatic heterocycles. The number of nitrogens with zero attached hydrogens (tertiary/aromatic N) is 1. The first kappa shape index (κ1) is 15.8. The third-order valence-corrected chi connectivity index (χ3v) is 4.16. The second-order valence-electron chi connectivity index (χ2n) is 5.67. The molecule has 0 saturated carbocycles. The Hall–Kier alpha value is -2.08. The minimum atomic E-state index is -4.47. The molecule has 1 N–H and O–H groups in total. The van der Waals surface area contributed by atoms with Gasteiger partial charge in [-0.25, -0.2) is 5.01 Å². The van der Waals surface area contributed by atoms with E-state index in [0.29, 0.717) is 0 Å². The Morgan fingerprint density at radius 1 is 1.26 bits per heavy atom. The van der Waals surface area contributed by atoms with Gasteiger partial charge in [-0.2, -0.15) is 13.2 Å². The second-order valence-corrected chi connectivity index (χ2v) is 5.67. The SMILES string of the molecule is CCc1cccc2ccc(C(N3CCC(=O)N3)C(F)(F)F)cc12. The third kappa shape index (κ3) is 3.03. The summed E-state index contributed by atoms with van der Waals surface area (Å²) in [6.45, 7) is 2.03. The van der Waals surface area contributed by atoms with Crippen LogP contribution in [-0.4, -0.2) is 23.6 Å². The highest BCUT2D eigenvalue weighted by atomic mass is 19.4.